The Balaban J connectivity index is 1.47. The number of benzene rings is 3. The van der Waals surface area contributed by atoms with E-state index in [9.17, 15) is 9.18 Å². The highest BCUT2D eigenvalue weighted by molar-refractivity contribution is 6.36. The number of pyridine rings is 1. The van der Waals surface area contributed by atoms with Crippen LogP contribution >= 0.6 is 23.2 Å². The van der Waals surface area contributed by atoms with Crippen LogP contribution in [0.4, 0.5) is 10.1 Å². The normalized spacial score (nSPS) is 14.0. The molecule has 4 aromatic rings. The average molecular weight is 480 g/mol. The Bertz CT molecular complexity index is 1350. The molecule has 7 heteroatoms. The third kappa shape index (κ3) is 4.26. The molecule has 0 N–H and O–H groups in total. The molecule has 3 aromatic carbocycles. The molecule has 166 valence electrons. The van der Waals surface area contributed by atoms with Crippen LogP contribution in [0.1, 0.15) is 10.4 Å². The number of para-hydroxylation sites is 2. The van der Waals surface area contributed by atoms with Crippen molar-refractivity contribution in [2.24, 2.45) is 0 Å². The quantitative estimate of drug-likeness (QED) is 0.345. The van der Waals surface area contributed by atoms with Crippen LogP contribution in [-0.2, 0) is 0 Å². The Morgan fingerprint density at radius 1 is 0.879 bits per heavy atom. The van der Waals surface area contributed by atoms with E-state index in [1.807, 2.05) is 46.2 Å². The largest absolute Gasteiger partial charge is 0.366 e. The maximum atomic E-state index is 14.2. The fourth-order valence-electron chi connectivity index (χ4n) is 4.22. The topological polar surface area (TPSA) is 36.4 Å². The first-order valence-electron chi connectivity index (χ1n) is 10.7. The summed E-state index contributed by atoms with van der Waals surface area (Å²) in [6, 6.07) is 21.3. The second-order valence-corrected chi connectivity index (χ2v) is 8.77. The summed E-state index contributed by atoms with van der Waals surface area (Å²) in [6.45, 7) is 2.12. The fraction of sp³-hybridized carbons (Fsp3) is 0.154. The van der Waals surface area contributed by atoms with Crippen LogP contribution in [0, 0.1) is 5.82 Å². The zero-order valence-corrected chi connectivity index (χ0v) is 19.2. The molecule has 33 heavy (non-hydrogen) atoms. The minimum absolute atomic E-state index is 0.0758. The van der Waals surface area contributed by atoms with Gasteiger partial charge in [0.2, 0.25) is 0 Å². The van der Waals surface area contributed by atoms with Crippen LogP contribution in [0.3, 0.4) is 0 Å². The number of hydrogen-bond acceptors (Lipinski definition) is 3. The summed E-state index contributed by atoms with van der Waals surface area (Å²) in [6.07, 6.45) is 0. The van der Waals surface area contributed by atoms with Crippen LogP contribution in [-0.4, -0.2) is 42.0 Å². The number of piperazine rings is 1. The van der Waals surface area contributed by atoms with E-state index in [0.29, 0.717) is 64.2 Å². The van der Waals surface area contributed by atoms with Gasteiger partial charge in [-0.15, -0.1) is 0 Å². The lowest BCUT2D eigenvalue weighted by Crippen LogP contribution is -2.49. The predicted octanol–water partition coefficient (Wildman–Crippen LogP) is 6.31. The number of carbonyl (C=O) groups is 1. The summed E-state index contributed by atoms with van der Waals surface area (Å²) in [7, 11) is 0. The Morgan fingerprint density at radius 2 is 1.61 bits per heavy atom. The number of carbonyl (C=O) groups excluding carboxylic acids is 1. The number of amides is 1. The second-order valence-electron chi connectivity index (χ2n) is 7.93. The highest BCUT2D eigenvalue weighted by Crippen LogP contribution is 2.32. The molecule has 1 amide bonds. The van der Waals surface area contributed by atoms with Crippen molar-refractivity contribution in [1.82, 2.24) is 9.88 Å². The lowest BCUT2D eigenvalue weighted by atomic mass is 10.0. The summed E-state index contributed by atoms with van der Waals surface area (Å²) in [5.41, 5.74) is 3.18. The number of rotatable bonds is 3. The standard InChI is InChI=1S/C26H20Cl2FN3O/c27-17-9-10-19(21(28)15-17)24-16-20(18-5-1-3-7-23(18)30-24)26(33)32-13-11-31(12-14-32)25-8-4-2-6-22(25)29/h1-10,15-16H,11-14H2. The summed E-state index contributed by atoms with van der Waals surface area (Å²) in [5, 5.41) is 1.80. The van der Waals surface area contributed by atoms with E-state index in [1.54, 1.807) is 30.3 Å². The molecule has 0 spiro atoms. The van der Waals surface area contributed by atoms with Gasteiger partial charge in [-0.1, -0.05) is 53.5 Å². The molecule has 0 unspecified atom stereocenters. The maximum Gasteiger partial charge on any atom is 0.254 e. The molecule has 0 bridgehead atoms. The van der Waals surface area contributed by atoms with Crippen molar-refractivity contribution in [3.63, 3.8) is 0 Å². The Kier molecular flexibility index (Phi) is 5.92. The first-order valence-corrected chi connectivity index (χ1v) is 11.4. The minimum atomic E-state index is -0.248. The SMILES string of the molecule is O=C(c1cc(-c2ccc(Cl)cc2Cl)nc2ccccc12)N1CCN(c2ccccc2F)CC1. The number of nitrogens with zero attached hydrogens (tertiary/aromatic N) is 3. The number of fused-ring (bicyclic) bond motifs is 1. The number of halogens is 3. The summed E-state index contributed by atoms with van der Waals surface area (Å²) >= 11 is 12.5. The molecule has 0 radical (unpaired) electrons. The van der Waals surface area contributed by atoms with Gasteiger partial charge in [-0.2, -0.15) is 0 Å². The van der Waals surface area contributed by atoms with E-state index in [1.165, 1.54) is 6.07 Å². The van der Waals surface area contributed by atoms with Gasteiger partial charge in [-0.05, 0) is 42.5 Å². The number of anilines is 1. The first-order chi connectivity index (χ1) is 16.0. The van der Waals surface area contributed by atoms with Gasteiger partial charge in [-0.25, -0.2) is 9.37 Å². The van der Waals surface area contributed by atoms with Crippen molar-refractivity contribution in [2.45, 2.75) is 0 Å². The van der Waals surface area contributed by atoms with E-state index in [-0.39, 0.29) is 11.7 Å². The van der Waals surface area contributed by atoms with E-state index in [0.717, 1.165) is 5.39 Å². The van der Waals surface area contributed by atoms with Gasteiger partial charge in [-0.3, -0.25) is 4.79 Å². The molecule has 1 aromatic heterocycles. The van der Waals surface area contributed by atoms with Gasteiger partial charge in [0.05, 0.1) is 27.5 Å². The van der Waals surface area contributed by atoms with E-state index in [4.69, 9.17) is 28.2 Å². The molecule has 1 fully saturated rings. The number of aromatic nitrogens is 1. The highest BCUT2D eigenvalue weighted by Gasteiger charge is 2.25. The van der Waals surface area contributed by atoms with Crippen molar-refractivity contribution >= 4 is 45.7 Å². The molecule has 2 heterocycles. The zero-order valence-electron chi connectivity index (χ0n) is 17.6. The minimum Gasteiger partial charge on any atom is -0.366 e. The average Bonchev–Trinajstić information content (AvgIpc) is 2.83. The molecule has 0 saturated carbocycles. The van der Waals surface area contributed by atoms with Gasteiger partial charge in [0.1, 0.15) is 5.82 Å². The van der Waals surface area contributed by atoms with Crippen LogP contribution in [0.5, 0.6) is 0 Å². The Hall–Kier alpha value is -3.15. The van der Waals surface area contributed by atoms with Gasteiger partial charge in [0.25, 0.3) is 5.91 Å². The van der Waals surface area contributed by atoms with Crippen molar-refractivity contribution in [2.75, 3.05) is 31.1 Å². The van der Waals surface area contributed by atoms with E-state index in [2.05, 4.69) is 0 Å². The molecule has 4 nitrogen and oxygen atoms in total. The maximum absolute atomic E-state index is 14.2. The van der Waals surface area contributed by atoms with Gasteiger partial charge in [0.15, 0.2) is 0 Å². The smallest absolute Gasteiger partial charge is 0.254 e. The lowest BCUT2D eigenvalue weighted by Gasteiger charge is -2.36. The zero-order chi connectivity index (χ0) is 22.9. The van der Waals surface area contributed by atoms with Crippen molar-refractivity contribution < 1.29 is 9.18 Å². The molecular formula is C26H20Cl2FN3O. The van der Waals surface area contributed by atoms with Crippen molar-refractivity contribution in [3.05, 3.63) is 94.2 Å². The van der Waals surface area contributed by atoms with Crippen LogP contribution in [0.25, 0.3) is 22.2 Å². The first kappa shape index (κ1) is 21.7. The molecular weight excluding hydrogens is 460 g/mol. The van der Waals surface area contributed by atoms with Crippen LogP contribution in [0.15, 0.2) is 72.8 Å². The highest BCUT2D eigenvalue weighted by atomic mass is 35.5. The van der Waals surface area contributed by atoms with Crippen LogP contribution in [0.2, 0.25) is 10.0 Å². The monoisotopic (exact) mass is 479 g/mol. The molecule has 1 aliphatic rings. The van der Waals surface area contributed by atoms with Crippen molar-refractivity contribution in [1.29, 1.82) is 0 Å². The van der Waals surface area contributed by atoms with Gasteiger partial charge in [0, 0.05) is 42.2 Å². The number of hydrogen-bond donors (Lipinski definition) is 0. The predicted molar refractivity (Wildman–Crippen MR) is 132 cm³/mol. The molecule has 1 saturated heterocycles. The van der Waals surface area contributed by atoms with E-state index < -0.39 is 0 Å². The van der Waals surface area contributed by atoms with E-state index >= 15 is 0 Å². The third-order valence-electron chi connectivity index (χ3n) is 5.91. The Morgan fingerprint density at radius 3 is 2.36 bits per heavy atom. The lowest BCUT2D eigenvalue weighted by molar-refractivity contribution is 0.0748. The summed E-state index contributed by atoms with van der Waals surface area (Å²) < 4.78 is 14.2. The molecule has 0 atom stereocenters. The summed E-state index contributed by atoms with van der Waals surface area (Å²) in [5.74, 6) is -0.324. The second kappa shape index (κ2) is 9.00. The summed E-state index contributed by atoms with van der Waals surface area (Å²) in [4.78, 5) is 22.1. The molecule has 0 aliphatic carbocycles. The van der Waals surface area contributed by atoms with Gasteiger partial charge >= 0.3 is 0 Å². The molecule has 5 rings (SSSR count). The van der Waals surface area contributed by atoms with Crippen LogP contribution < -0.4 is 4.90 Å². The third-order valence-corrected chi connectivity index (χ3v) is 6.46. The molecule has 1 aliphatic heterocycles. The fourth-order valence-corrected chi connectivity index (χ4v) is 4.72. The Labute approximate surface area is 201 Å². The van der Waals surface area contributed by atoms with Gasteiger partial charge < -0.3 is 9.80 Å². The van der Waals surface area contributed by atoms with Crippen molar-refractivity contribution in [3.8, 4) is 11.3 Å².